The number of rotatable bonds is 5. The molecule has 0 unspecified atom stereocenters. The number of nitrogens with zero attached hydrogens (tertiary/aromatic N) is 3. The van der Waals surface area contributed by atoms with E-state index in [-0.39, 0.29) is 12.5 Å². The predicted octanol–water partition coefficient (Wildman–Crippen LogP) is 3.26. The number of anilines is 2. The minimum atomic E-state index is -0.191. The number of amides is 1. The van der Waals surface area contributed by atoms with Gasteiger partial charge in [-0.2, -0.15) is 0 Å². The van der Waals surface area contributed by atoms with Crippen molar-refractivity contribution in [2.24, 2.45) is 0 Å². The Morgan fingerprint density at radius 2 is 1.96 bits per heavy atom. The molecule has 26 heavy (non-hydrogen) atoms. The Labute approximate surface area is 152 Å². The van der Waals surface area contributed by atoms with Gasteiger partial charge in [-0.3, -0.25) is 4.79 Å². The molecule has 0 bridgehead atoms. The standard InChI is InChI=1S/C20H22N4O2/c1-15-13-24-12-4-5-18(20(24)21-15)26-14-19(25)22-16-6-8-17(9-7-16)23-10-2-3-11-23/h4-9,12-13H,2-3,10-11,14H2,1H3,(H,22,25). The number of carbonyl (C=O) groups excluding carboxylic acids is 1. The molecule has 1 aromatic carbocycles. The van der Waals surface area contributed by atoms with Crippen molar-refractivity contribution in [2.75, 3.05) is 29.9 Å². The topological polar surface area (TPSA) is 58.9 Å². The second-order valence-electron chi connectivity index (χ2n) is 6.56. The van der Waals surface area contributed by atoms with Gasteiger partial charge in [0.2, 0.25) is 0 Å². The molecular formula is C20H22N4O2. The molecule has 6 nitrogen and oxygen atoms in total. The first kappa shape index (κ1) is 16.4. The van der Waals surface area contributed by atoms with Crippen LogP contribution >= 0.6 is 0 Å². The van der Waals surface area contributed by atoms with Gasteiger partial charge < -0.3 is 19.4 Å². The molecule has 4 rings (SSSR count). The highest BCUT2D eigenvalue weighted by Gasteiger charge is 2.12. The van der Waals surface area contributed by atoms with Crippen molar-refractivity contribution >= 4 is 22.9 Å². The van der Waals surface area contributed by atoms with Crippen molar-refractivity contribution in [1.82, 2.24) is 9.38 Å². The Morgan fingerprint density at radius 3 is 2.73 bits per heavy atom. The Balaban J connectivity index is 1.36. The Kier molecular flexibility index (Phi) is 4.48. The van der Waals surface area contributed by atoms with Crippen molar-refractivity contribution < 1.29 is 9.53 Å². The quantitative estimate of drug-likeness (QED) is 0.767. The molecule has 3 heterocycles. The van der Waals surface area contributed by atoms with E-state index in [1.54, 1.807) is 0 Å². The van der Waals surface area contributed by atoms with Crippen molar-refractivity contribution in [3.05, 3.63) is 54.5 Å². The zero-order valence-corrected chi connectivity index (χ0v) is 14.8. The van der Waals surface area contributed by atoms with Gasteiger partial charge in [-0.15, -0.1) is 0 Å². The third-order valence-electron chi connectivity index (χ3n) is 4.55. The maximum atomic E-state index is 12.2. The zero-order chi connectivity index (χ0) is 17.9. The van der Waals surface area contributed by atoms with Gasteiger partial charge in [0.05, 0.1) is 5.69 Å². The molecule has 1 amide bonds. The van der Waals surface area contributed by atoms with E-state index in [1.165, 1.54) is 18.5 Å². The summed E-state index contributed by atoms with van der Waals surface area (Å²) in [7, 11) is 0. The number of aryl methyl sites for hydroxylation is 1. The molecule has 1 aliphatic heterocycles. The van der Waals surface area contributed by atoms with Gasteiger partial charge in [0.15, 0.2) is 18.0 Å². The van der Waals surface area contributed by atoms with Crippen LogP contribution in [0.15, 0.2) is 48.8 Å². The van der Waals surface area contributed by atoms with Crippen LogP contribution in [-0.2, 0) is 4.79 Å². The minimum absolute atomic E-state index is 0.0561. The molecule has 0 aliphatic carbocycles. The number of ether oxygens (including phenoxy) is 1. The summed E-state index contributed by atoms with van der Waals surface area (Å²) in [6, 6.07) is 11.7. The summed E-state index contributed by atoms with van der Waals surface area (Å²) in [6.07, 6.45) is 6.33. The average molecular weight is 350 g/mol. The smallest absolute Gasteiger partial charge is 0.262 e. The van der Waals surface area contributed by atoms with Crippen LogP contribution in [0.25, 0.3) is 5.65 Å². The van der Waals surface area contributed by atoms with E-state index in [9.17, 15) is 4.79 Å². The van der Waals surface area contributed by atoms with E-state index >= 15 is 0 Å². The number of benzene rings is 1. The third-order valence-corrected chi connectivity index (χ3v) is 4.55. The van der Waals surface area contributed by atoms with E-state index in [0.717, 1.165) is 24.5 Å². The van der Waals surface area contributed by atoms with Crippen molar-refractivity contribution in [3.8, 4) is 5.75 Å². The zero-order valence-electron chi connectivity index (χ0n) is 14.8. The molecule has 1 N–H and O–H groups in total. The van der Waals surface area contributed by atoms with Gasteiger partial charge in [-0.05, 0) is 56.2 Å². The van der Waals surface area contributed by atoms with Crippen LogP contribution in [0.3, 0.4) is 0 Å². The lowest BCUT2D eigenvalue weighted by atomic mass is 10.2. The largest absolute Gasteiger partial charge is 0.480 e. The molecule has 1 aliphatic rings. The molecule has 1 fully saturated rings. The lowest BCUT2D eigenvalue weighted by molar-refractivity contribution is -0.118. The van der Waals surface area contributed by atoms with Crippen molar-refractivity contribution in [2.45, 2.75) is 19.8 Å². The fourth-order valence-electron chi connectivity index (χ4n) is 3.29. The van der Waals surface area contributed by atoms with Gasteiger partial charge in [-0.25, -0.2) is 4.98 Å². The lowest BCUT2D eigenvalue weighted by Crippen LogP contribution is -2.21. The number of nitrogens with one attached hydrogen (secondary N) is 1. The van der Waals surface area contributed by atoms with Gasteiger partial charge in [0.25, 0.3) is 5.91 Å². The van der Waals surface area contributed by atoms with E-state index in [4.69, 9.17) is 4.74 Å². The van der Waals surface area contributed by atoms with E-state index in [1.807, 2.05) is 48.0 Å². The molecule has 134 valence electrons. The van der Waals surface area contributed by atoms with Gasteiger partial charge >= 0.3 is 0 Å². The summed E-state index contributed by atoms with van der Waals surface area (Å²) in [6.45, 7) is 4.09. The van der Waals surface area contributed by atoms with E-state index in [2.05, 4.69) is 27.3 Å². The molecule has 0 saturated carbocycles. The van der Waals surface area contributed by atoms with Crippen LogP contribution in [0.1, 0.15) is 18.5 Å². The highest BCUT2D eigenvalue weighted by molar-refractivity contribution is 5.92. The van der Waals surface area contributed by atoms with Crippen LogP contribution in [0, 0.1) is 6.92 Å². The molecule has 0 spiro atoms. The second-order valence-corrected chi connectivity index (χ2v) is 6.56. The first-order valence-corrected chi connectivity index (χ1v) is 8.91. The summed E-state index contributed by atoms with van der Waals surface area (Å²) in [5.74, 6) is 0.407. The second kappa shape index (κ2) is 7.07. The Hall–Kier alpha value is -3.02. The normalized spacial score (nSPS) is 14.0. The first-order valence-electron chi connectivity index (χ1n) is 8.91. The SMILES string of the molecule is Cc1cn2cccc(OCC(=O)Nc3ccc(N4CCCC4)cc3)c2n1. The number of aromatic nitrogens is 2. The number of fused-ring (bicyclic) bond motifs is 1. The van der Waals surface area contributed by atoms with Gasteiger partial charge in [0, 0.05) is 36.9 Å². The maximum Gasteiger partial charge on any atom is 0.262 e. The monoisotopic (exact) mass is 350 g/mol. The first-order chi connectivity index (χ1) is 12.7. The van der Waals surface area contributed by atoms with Crippen LogP contribution in [-0.4, -0.2) is 35.0 Å². The number of imidazole rings is 1. The summed E-state index contributed by atoms with van der Waals surface area (Å²) >= 11 is 0. The summed E-state index contributed by atoms with van der Waals surface area (Å²) < 4.78 is 7.56. The molecule has 3 aromatic rings. The average Bonchev–Trinajstić information content (AvgIpc) is 3.29. The number of carbonyl (C=O) groups is 1. The molecular weight excluding hydrogens is 328 g/mol. The van der Waals surface area contributed by atoms with Crippen LogP contribution in [0.5, 0.6) is 5.75 Å². The minimum Gasteiger partial charge on any atom is -0.480 e. The highest BCUT2D eigenvalue weighted by Crippen LogP contribution is 2.22. The highest BCUT2D eigenvalue weighted by atomic mass is 16.5. The molecule has 6 heteroatoms. The number of hydrogen-bond donors (Lipinski definition) is 1. The Morgan fingerprint density at radius 1 is 1.19 bits per heavy atom. The van der Waals surface area contributed by atoms with Gasteiger partial charge in [0.1, 0.15) is 0 Å². The fourth-order valence-corrected chi connectivity index (χ4v) is 3.29. The maximum absolute atomic E-state index is 12.2. The molecule has 0 radical (unpaired) electrons. The fraction of sp³-hybridized carbons (Fsp3) is 0.300. The molecule has 0 atom stereocenters. The van der Waals surface area contributed by atoms with E-state index < -0.39 is 0 Å². The predicted molar refractivity (Wildman–Crippen MR) is 102 cm³/mol. The number of pyridine rings is 1. The van der Waals surface area contributed by atoms with Crippen molar-refractivity contribution in [3.63, 3.8) is 0 Å². The van der Waals surface area contributed by atoms with E-state index in [0.29, 0.717) is 11.4 Å². The molecule has 1 saturated heterocycles. The molecule has 2 aromatic heterocycles. The van der Waals surface area contributed by atoms with Crippen LogP contribution in [0.2, 0.25) is 0 Å². The van der Waals surface area contributed by atoms with Crippen molar-refractivity contribution in [1.29, 1.82) is 0 Å². The summed E-state index contributed by atoms with van der Waals surface area (Å²) in [5, 5.41) is 2.87. The van der Waals surface area contributed by atoms with Crippen LogP contribution < -0.4 is 15.0 Å². The Bertz CT molecular complexity index is 911. The lowest BCUT2D eigenvalue weighted by Gasteiger charge is -2.17. The summed E-state index contributed by atoms with van der Waals surface area (Å²) in [4.78, 5) is 19.0. The summed E-state index contributed by atoms with van der Waals surface area (Å²) in [5.41, 5.74) is 3.60. The third kappa shape index (κ3) is 3.49. The number of hydrogen-bond acceptors (Lipinski definition) is 4. The van der Waals surface area contributed by atoms with Crippen LogP contribution in [0.4, 0.5) is 11.4 Å². The van der Waals surface area contributed by atoms with Gasteiger partial charge in [-0.1, -0.05) is 0 Å².